The normalized spacial score (nSPS) is 16.0. The van der Waals surface area contributed by atoms with E-state index in [1.165, 1.54) is 18.2 Å². The molecule has 1 N–H and O–H groups in total. The van der Waals surface area contributed by atoms with Crippen LogP contribution in [-0.2, 0) is 19.4 Å². The Hall–Kier alpha value is -1.64. The van der Waals surface area contributed by atoms with Crippen LogP contribution >= 0.6 is 11.6 Å². The smallest absolute Gasteiger partial charge is 0.238 e. The lowest BCUT2D eigenvalue weighted by Gasteiger charge is -2.35. The number of anilines is 1. The second-order valence-electron chi connectivity index (χ2n) is 6.72. The summed E-state index contributed by atoms with van der Waals surface area (Å²) in [5, 5.41) is 2.94. The van der Waals surface area contributed by atoms with Gasteiger partial charge in [-0.3, -0.25) is 14.5 Å². The number of rotatable bonds is 5. The van der Waals surface area contributed by atoms with Crippen LogP contribution in [-0.4, -0.2) is 69.0 Å². The predicted octanol–water partition coefficient (Wildman–Crippen LogP) is 1.48. The molecule has 0 saturated carbocycles. The minimum Gasteiger partial charge on any atom is -0.340 e. The average molecular weight is 402 g/mol. The molecular weight excluding hydrogens is 378 g/mol. The van der Waals surface area contributed by atoms with Gasteiger partial charge in [0.2, 0.25) is 11.8 Å². The molecule has 9 heteroatoms. The Bertz CT molecular complexity index is 787. The van der Waals surface area contributed by atoms with Gasteiger partial charge in [0.05, 0.1) is 22.2 Å². The van der Waals surface area contributed by atoms with E-state index in [9.17, 15) is 18.0 Å². The van der Waals surface area contributed by atoms with Crippen LogP contribution in [0.1, 0.15) is 13.8 Å². The van der Waals surface area contributed by atoms with Crippen LogP contribution in [0.3, 0.4) is 0 Å². The SMILES string of the molecule is CC(C)C(=O)N1CCN(CC(=O)Nc2cc(S(C)(=O)=O)ccc2Cl)CC1. The van der Waals surface area contributed by atoms with Gasteiger partial charge < -0.3 is 10.2 Å². The number of hydrogen-bond acceptors (Lipinski definition) is 5. The van der Waals surface area contributed by atoms with Crippen molar-refractivity contribution in [1.82, 2.24) is 9.80 Å². The van der Waals surface area contributed by atoms with Crippen LogP contribution in [0.4, 0.5) is 5.69 Å². The maximum absolute atomic E-state index is 12.3. The highest BCUT2D eigenvalue weighted by Crippen LogP contribution is 2.25. The molecule has 2 amide bonds. The fraction of sp³-hybridized carbons (Fsp3) is 0.529. The van der Waals surface area contributed by atoms with Gasteiger partial charge in [-0.15, -0.1) is 0 Å². The molecule has 26 heavy (non-hydrogen) atoms. The Morgan fingerprint density at radius 3 is 2.35 bits per heavy atom. The fourth-order valence-corrected chi connectivity index (χ4v) is 3.53. The zero-order valence-corrected chi connectivity index (χ0v) is 16.7. The molecule has 0 atom stereocenters. The number of benzene rings is 1. The standard InChI is InChI=1S/C17H24ClN3O4S/c1-12(2)17(23)21-8-6-20(7-9-21)11-16(22)19-15-10-13(26(3,24)25)4-5-14(15)18/h4-5,10,12H,6-9,11H2,1-3H3,(H,19,22). The molecule has 0 aliphatic carbocycles. The molecule has 0 unspecified atom stereocenters. The van der Waals surface area contributed by atoms with Crippen LogP contribution in [0.5, 0.6) is 0 Å². The van der Waals surface area contributed by atoms with Crippen molar-refractivity contribution in [2.24, 2.45) is 5.92 Å². The number of carbonyl (C=O) groups is 2. The first-order valence-corrected chi connectivity index (χ1v) is 10.7. The molecule has 2 rings (SSSR count). The van der Waals surface area contributed by atoms with Crippen molar-refractivity contribution < 1.29 is 18.0 Å². The molecule has 7 nitrogen and oxygen atoms in total. The number of sulfone groups is 1. The van der Waals surface area contributed by atoms with E-state index in [0.717, 1.165) is 6.26 Å². The van der Waals surface area contributed by atoms with Crippen LogP contribution in [0.25, 0.3) is 0 Å². The first-order chi connectivity index (χ1) is 12.1. The summed E-state index contributed by atoms with van der Waals surface area (Å²) in [4.78, 5) is 28.1. The maximum Gasteiger partial charge on any atom is 0.238 e. The monoisotopic (exact) mass is 401 g/mol. The predicted molar refractivity (Wildman–Crippen MR) is 101 cm³/mol. The fourth-order valence-electron chi connectivity index (χ4n) is 2.72. The van der Waals surface area contributed by atoms with Crippen LogP contribution in [0.2, 0.25) is 5.02 Å². The second-order valence-corrected chi connectivity index (χ2v) is 9.14. The summed E-state index contributed by atoms with van der Waals surface area (Å²) < 4.78 is 23.3. The van der Waals surface area contributed by atoms with Crippen molar-refractivity contribution >= 4 is 38.9 Å². The molecule has 0 bridgehead atoms. The lowest BCUT2D eigenvalue weighted by molar-refractivity contribution is -0.136. The maximum atomic E-state index is 12.3. The van der Waals surface area contributed by atoms with Crippen LogP contribution < -0.4 is 5.32 Å². The molecule has 0 spiro atoms. The van der Waals surface area contributed by atoms with Crippen molar-refractivity contribution in [2.45, 2.75) is 18.7 Å². The molecule has 1 fully saturated rings. The quantitative estimate of drug-likeness (QED) is 0.807. The summed E-state index contributed by atoms with van der Waals surface area (Å²) in [7, 11) is -3.38. The van der Waals surface area contributed by atoms with Gasteiger partial charge in [0.1, 0.15) is 0 Å². The van der Waals surface area contributed by atoms with Crippen molar-refractivity contribution in [2.75, 3.05) is 44.3 Å². The van der Waals surface area contributed by atoms with Crippen molar-refractivity contribution in [3.63, 3.8) is 0 Å². The second kappa shape index (κ2) is 8.37. The molecule has 1 saturated heterocycles. The van der Waals surface area contributed by atoms with E-state index < -0.39 is 9.84 Å². The summed E-state index contributed by atoms with van der Waals surface area (Å²) in [6.45, 7) is 6.31. The molecule has 1 aliphatic rings. The number of carbonyl (C=O) groups excluding carboxylic acids is 2. The Morgan fingerprint density at radius 1 is 1.19 bits per heavy atom. The third-order valence-corrected chi connectivity index (χ3v) is 5.62. The molecule has 1 aromatic carbocycles. The van der Waals surface area contributed by atoms with Gasteiger partial charge >= 0.3 is 0 Å². The van der Waals surface area contributed by atoms with Gasteiger partial charge in [0.15, 0.2) is 9.84 Å². The highest BCUT2D eigenvalue weighted by molar-refractivity contribution is 7.90. The number of nitrogens with zero attached hydrogens (tertiary/aromatic N) is 2. The van der Waals surface area contributed by atoms with E-state index >= 15 is 0 Å². The topological polar surface area (TPSA) is 86.8 Å². The molecule has 144 valence electrons. The average Bonchev–Trinajstić information content (AvgIpc) is 2.55. The summed E-state index contributed by atoms with van der Waals surface area (Å²) in [6.07, 6.45) is 1.10. The van der Waals surface area contributed by atoms with Crippen molar-refractivity contribution in [3.05, 3.63) is 23.2 Å². The largest absolute Gasteiger partial charge is 0.340 e. The van der Waals surface area contributed by atoms with Gasteiger partial charge in [0.25, 0.3) is 0 Å². The molecule has 0 aromatic heterocycles. The van der Waals surface area contributed by atoms with E-state index in [1.54, 1.807) is 0 Å². The molecule has 0 radical (unpaired) electrons. The van der Waals surface area contributed by atoms with E-state index in [0.29, 0.717) is 26.2 Å². The molecule has 1 aliphatic heterocycles. The van der Waals surface area contributed by atoms with Gasteiger partial charge in [0, 0.05) is 38.4 Å². The third-order valence-electron chi connectivity index (χ3n) is 4.19. The zero-order chi connectivity index (χ0) is 19.5. The Morgan fingerprint density at radius 2 is 1.81 bits per heavy atom. The summed E-state index contributed by atoms with van der Waals surface area (Å²) in [5.41, 5.74) is 0.271. The van der Waals surface area contributed by atoms with Gasteiger partial charge in [-0.1, -0.05) is 25.4 Å². The van der Waals surface area contributed by atoms with Crippen LogP contribution in [0, 0.1) is 5.92 Å². The first kappa shape index (κ1) is 20.7. The summed E-state index contributed by atoms with van der Waals surface area (Å²) >= 11 is 6.05. The highest BCUT2D eigenvalue weighted by Gasteiger charge is 2.24. The summed E-state index contributed by atoms with van der Waals surface area (Å²) in [5.74, 6) is -0.186. The number of hydrogen-bond donors (Lipinski definition) is 1. The van der Waals surface area contributed by atoms with E-state index in [-0.39, 0.29) is 39.9 Å². The molecule has 1 heterocycles. The third kappa shape index (κ3) is 5.43. The number of nitrogens with one attached hydrogen (secondary N) is 1. The molecular formula is C17H24ClN3O4S. The van der Waals surface area contributed by atoms with E-state index in [4.69, 9.17) is 11.6 Å². The zero-order valence-electron chi connectivity index (χ0n) is 15.2. The highest BCUT2D eigenvalue weighted by atomic mass is 35.5. The number of amides is 2. The van der Waals surface area contributed by atoms with Crippen molar-refractivity contribution in [3.8, 4) is 0 Å². The van der Waals surface area contributed by atoms with Gasteiger partial charge in [-0.05, 0) is 18.2 Å². The van der Waals surface area contributed by atoms with E-state index in [2.05, 4.69) is 5.32 Å². The van der Waals surface area contributed by atoms with Crippen LogP contribution in [0.15, 0.2) is 23.1 Å². The Kier molecular flexibility index (Phi) is 6.65. The Labute approximate surface area is 159 Å². The summed E-state index contributed by atoms with van der Waals surface area (Å²) in [6, 6.07) is 4.21. The number of piperazine rings is 1. The van der Waals surface area contributed by atoms with E-state index in [1.807, 2.05) is 23.6 Å². The first-order valence-electron chi connectivity index (χ1n) is 8.38. The van der Waals surface area contributed by atoms with Gasteiger partial charge in [-0.25, -0.2) is 8.42 Å². The minimum atomic E-state index is -3.38. The van der Waals surface area contributed by atoms with Gasteiger partial charge in [-0.2, -0.15) is 0 Å². The lowest BCUT2D eigenvalue weighted by atomic mass is 10.1. The van der Waals surface area contributed by atoms with Crippen molar-refractivity contribution in [1.29, 1.82) is 0 Å². The molecule has 1 aromatic rings. The Balaban J connectivity index is 1.93. The number of halogens is 1. The lowest BCUT2D eigenvalue weighted by Crippen LogP contribution is -2.51. The minimum absolute atomic E-state index is 0.0332.